The summed E-state index contributed by atoms with van der Waals surface area (Å²) in [5, 5.41) is 0.740. The molecule has 2 heterocycles. The topological polar surface area (TPSA) is 81.3 Å². The van der Waals surface area contributed by atoms with E-state index >= 15 is 0 Å². The van der Waals surface area contributed by atoms with Gasteiger partial charge in [0.15, 0.2) is 0 Å². The van der Waals surface area contributed by atoms with Crippen molar-refractivity contribution in [3.05, 3.63) is 57.0 Å². The summed E-state index contributed by atoms with van der Waals surface area (Å²) in [6.45, 7) is 0.492. The molecule has 0 bridgehead atoms. The predicted octanol–water partition coefficient (Wildman–Crippen LogP) is 3.42. The van der Waals surface area contributed by atoms with E-state index in [-0.39, 0.29) is 24.6 Å². The molecular formula is C21H22N2O4S. The third kappa shape index (κ3) is 4.25. The van der Waals surface area contributed by atoms with Crippen LogP contribution >= 0.6 is 11.3 Å². The molecule has 7 heteroatoms. The highest BCUT2D eigenvalue weighted by molar-refractivity contribution is 7.18. The van der Waals surface area contributed by atoms with E-state index < -0.39 is 0 Å². The van der Waals surface area contributed by atoms with Gasteiger partial charge in [0, 0.05) is 11.3 Å². The van der Waals surface area contributed by atoms with Crippen molar-refractivity contribution < 1.29 is 14.3 Å². The van der Waals surface area contributed by atoms with Crippen LogP contribution in [0.4, 0.5) is 0 Å². The van der Waals surface area contributed by atoms with Crippen molar-refractivity contribution in [3.63, 3.8) is 0 Å². The number of aromatic amines is 1. The van der Waals surface area contributed by atoms with E-state index in [1.807, 2.05) is 30.3 Å². The summed E-state index contributed by atoms with van der Waals surface area (Å²) in [6, 6.07) is 9.38. The maximum atomic E-state index is 12.5. The van der Waals surface area contributed by atoms with Gasteiger partial charge in [0.05, 0.1) is 11.8 Å². The summed E-state index contributed by atoms with van der Waals surface area (Å²) in [6.07, 6.45) is 4.81. The summed E-state index contributed by atoms with van der Waals surface area (Å²) in [4.78, 5) is 33.9. The Morgan fingerprint density at radius 3 is 2.82 bits per heavy atom. The highest BCUT2D eigenvalue weighted by Gasteiger charge is 2.19. The number of nitrogens with zero attached hydrogens (tertiary/aromatic N) is 1. The summed E-state index contributed by atoms with van der Waals surface area (Å²) in [7, 11) is 0. The number of nitrogens with one attached hydrogen (secondary N) is 1. The third-order valence-electron chi connectivity index (χ3n) is 4.80. The molecule has 0 fully saturated rings. The summed E-state index contributed by atoms with van der Waals surface area (Å²) in [5.74, 6) is 0.950. The highest BCUT2D eigenvalue weighted by atomic mass is 32.1. The zero-order valence-corrected chi connectivity index (χ0v) is 16.3. The van der Waals surface area contributed by atoms with Gasteiger partial charge in [-0.1, -0.05) is 18.2 Å². The SMILES string of the molecule is O=C(CCc1nc2sc3c(c2c(=O)[nH]1)CCCC3)OCCOc1ccccc1. The second-order valence-electron chi connectivity index (χ2n) is 6.79. The number of thiophene rings is 1. The second kappa shape index (κ2) is 8.56. The van der Waals surface area contributed by atoms with Crippen molar-refractivity contribution in [2.75, 3.05) is 13.2 Å². The first-order valence-corrected chi connectivity index (χ1v) is 10.4. The fourth-order valence-electron chi connectivity index (χ4n) is 3.45. The molecule has 1 aromatic carbocycles. The van der Waals surface area contributed by atoms with Crippen LogP contribution in [-0.2, 0) is 28.8 Å². The highest BCUT2D eigenvalue weighted by Crippen LogP contribution is 2.33. The van der Waals surface area contributed by atoms with Gasteiger partial charge in [-0.15, -0.1) is 11.3 Å². The van der Waals surface area contributed by atoms with E-state index in [9.17, 15) is 9.59 Å². The van der Waals surface area contributed by atoms with Gasteiger partial charge in [0.1, 0.15) is 29.6 Å². The van der Waals surface area contributed by atoms with Gasteiger partial charge in [-0.3, -0.25) is 9.59 Å². The van der Waals surface area contributed by atoms with Gasteiger partial charge in [-0.2, -0.15) is 0 Å². The molecule has 1 aliphatic carbocycles. The van der Waals surface area contributed by atoms with Gasteiger partial charge in [-0.05, 0) is 43.4 Å². The first-order chi connectivity index (χ1) is 13.7. The Kier molecular flexibility index (Phi) is 5.71. The minimum absolute atomic E-state index is 0.0935. The standard InChI is InChI=1S/C21H22N2O4S/c24-18(27-13-12-26-14-6-2-1-3-7-14)11-10-17-22-20(25)19-15-8-4-5-9-16(15)28-21(19)23-17/h1-3,6-7H,4-5,8-13H2,(H,22,23,25). The Bertz CT molecular complexity index is 1030. The second-order valence-corrected chi connectivity index (χ2v) is 7.87. The summed E-state index contributed by atoms with van der Waals surface area (Å²) in [5.41, 5.74) is 1.08. The lowest BCUT2D eigenvalue weighted by molar-refractivity contribution is -0.144. The van der Waals surface area contributed by atoms with Crippen molar-refractivity contribution in [1.29, 1.82) is 0 Å². The van der Waals surface area contributed by atoms with Crippen molar-refractivity contribution in [3.8, 4) is 5.75 Å². The monoisotopic (exact) mass is 398 g/mol. The van der Waals surface area contributed by atoms with Gasteiger partial charge in [0.25, 0.3) is 5.56 Å². The minimum atomic E-state index is -0.329. The Morgan fingerprint density at radius 1 is 1.14 bits per heavy atom. The number of H-pyrrole nitrogens is 1. The van der Waals surface area contributed by atoms with Crippen LogP contribution in [0.25, 0.3) is 10.2 Å². The number of ether oxygens (including phenoxy) is 2. The van der Waals surface area contributed by atoms with Crippen molar-refractivity contribution in [1.82, 2.24) is 9.97 Å². The number of benzene rings is 1. The fourth-order valence-corrected chi connectivity index (χ4v) is 4.73. The molecule has 0 unspecified atom stereocenters. The van der Waals surface area contributed by atoms with Crippen LogP contribution in [0, 0.1) is 0 Å². The van der Waals surface area contributed by atoms with Gasteiger partial charge in [-0.25, -0.2) is 4.98 Å². The van der Waals surface area contributed by atoms with Crippen LogP contribution in [0.15, 0.2) is 35.1 Å². The zero-order valence-electron chi connectivity index (χ0n) is 15.5. The fraction of sp³-hybridized carbons (Fsp3) is 0.381. The number of para-hydroxylation sites is 1. The molecule has 146 valence electrons. The van der Waals surface area contributed by atoms with E-state index in [0.29, 0.717) is 18.9 Å². The lowest BCUT2D eigenvalue weighted by Crippen LogP contribution is -2.16. The van der Waals surface area contributed by atoms with Crippen LogP contribution in [-0.4, -0.2) is 29.2 Å². The van der Waals surface area contributed by atoms with E-state index in [2.05, 4.69) is 9.97 Å². The number of carbonyl (C=O) groups is 1. The maximum Gasteiger partial charge on any atom is 0.306 e. The number of aryl methyl sites for hydroxylation is 3. The van der Waals surface area contributed by atoms with Crippen LogP contribution in [0.5, 0.6) is 5.75 Å². The molecule has 0 aliphatic heterocycles. The molecule has 0 amide bonds. The smallest absolute Gasteiger partial charge is 0.306 e. The predicted molar refractivity (Wildman–Crippen MR) is 108 cm³/mol. The Labute approximate surface area is 166 Å². The van der Waals surface area contributed by atoms with Crippen molar-refractivity contribution >= 4 is 27.5 Å². The van der Waals surface area contributed by atoms with Crippen molar-refractivity contribution in [2.24, 2.45) is 0 Å². The maximum absolute atomic E-state index is 12.5. The quantitative estimate of drug-likeness (QED) is 0.487. The lowest BCUT2D eigenvalue weighted by Gasteiger charge is -2.09. The molecule has 1 aliphatic rings. The molecular weight excluding hydrogens is 376 g/mol. The minimum Gasteiger partial charge on any atom is -0.490 e. The normalized spacial score (nSPS) is 13.3. The van der Waals surface area contributed by atoms with Gasteiger partial charge in [0.2, 0.25) is 0 Å². The van der Waals surface area contributed by atoms with Gasteiger partial charge < -0.3 is 14.5 Å². The summed E-state index contributed by atoms with van der Waals surface area (Å²) < 4.78 is 10.7. The average Bonchev–Trinajstić information content (AvgIpc) is 3.09. The Morgan fingerprint density at radius 2 is 1.96 bits per heavy atom. The van der Waals surface area contributed by atoms with Crippen molar-refractivity contribution in [2.45, 2.75) is 38.5 Å². The molecule has 2 aromatic heterocycles. The largest absolute Gasteiger partial charge is 0.490 e. The molecule has 1 N–H and O–H groups in total. The lowest BCUT2D eigenvalue weighted by atomic mass is 9.97. The first-order valence-electron chi connectivity index (χ1n) is 9.57. The van der Waals surface area contributed by atoms with Crippen LogP contribution < -0.4 is 10.3 Å². The number of hydrogen-bond acceptors (Lipinski definition) is 6. The van der Waals surface area contributed by atoms with E-state index in [4.69, 9.17) is 9.47 Å². The number of carbonyl (C=O) groups excluding carboxylic acids is 1. The molecule has 3 aromatic rings. The van der Waals surface area contributed by atoms with Crippen LogP contribution in [0.2, 0.25) is 0 Å². The van der Waals surface area contributed by atoms with E-state index in [0.717, 1.165) is 35.2 Å². The number of aromatic nitrogens is 2. The van der Waals surface area contributed by atoms with E-state index in [1.165, 1.54) is 16.9 Å². The molecule has 4 rings (SSSR count). The summed E-state index contributed by atoms with van der Waals surface area (Å²) >= 11 is 1.61. The number of esters is 1. The van der Waals surface area contributed by atoms with Crippen LogP contribution in [0.1, 0.15) is 35.5 Å². The Balaban J connectivity index is 1.30. The molecule has 0 saturated carbocycles. The molecule has 0 atom stereocenters. The third-order valence-corrected chi connectivity index (χ3v) is 5.98. The molecule has 28 heavy (non-hydrogen) atoms. The molecule has 6 nitrogen and oxygen atoms in total. The average molecular weight is 398 g/mol. The number of rotatable bonds is 7. The Hall–Kier alpha value is -2.67. The van der Waals surface area contributed by atoms with E-state index in [1.54, 1.807) is 11.3 Å². The first kappa shape index (κ1) is 18.7. The molecule has 0 radical (unpaired) electrons. The molecule has 0 spiro atoms. The number of hydrogen-bond donors (Lipinski definition) is 1. The molecule has 0 saturated heterocycles. The van der Waals surface area contributed by atoms with Gasteiger partial charge >= 0.3 is 5.97 Å². The van der Waals surface area contributed by atoms with Crippen LogP contribution in [0.3, 0.4) is 0 Å². The zero-order chi connectivity index (χ0) is 19.3. The number of fused-ring (bicyclic) bond motifs is 3.